The Kier molecular flexibility index (Phi) is 3.17. The molecule has 0 saturated carbocycles. The number of anilines is 1. The molecule has 0 N–H and O–H groups in total. The van der Waals surface area contributed by atoms with E-state index in [4.69, 9.17) is 11.6 Å². The Morgan fingerprint density at radius 1 is 1.25 bits per heavy atom. The Bertz CT molecular complexity index is 623. The van der Waals surface area contributed by atoms with Gasteiger partial charge in [0.05, 0.1) is 17.5 Å². The van der Waals surface area contributed by atoms with E-state index in [1.807, 2.05) is 32.1 Å². The summed E-state index contributed by atoms with van der Waals surface area (Å²) in [4.78, 5) is 26.4. The van der Waals surface area contributed by atoms with E-state index in [2.05, 4.69) is 0 Å². The van der Waals surface area contributed by atoms with Gasteiger partial charge in [-0.1, -0.05) is 36.7 Å². The van der Waals surface area contributed by atoms with Crippen molar-refractivity contribution in [1.82, 2.24) is 0 Å². The maximum absolute atomic E-state index is 12.6. The molecule has 2 aliphatic rings. The normalized spacial score (nSPS) is 28.9. The lowest BCUT2D eigenvalue weighted by Gasteiger charge is -2.22. The molecule has 20 heavy (non-hydrogen) atoms. The smallest absolute Gasteiger partial charge is 0.238 e. The molecule has 1 aromatic carbocycles. The van der Waals surface area contributed by atoms with Crippen molar-refractivity contribution in [2.45, 2.75) is 20.3 Å². The lowest BCUT2D eigenvalue weighted by molar-refractivity contribution is -0.122. The topological polar surface area (TPSA) is 37.4 Å². The van der Waals surface area contributed by atoms with Crippen LogP contribution in [0, 0.1) is 24.7 Å². The first-order valence-electron chi connectivity index (χ1n) is 6.81. The predicted molar refractivity (Wildman–Crippen MR) is 78.6 cm³/mol. The van der Waals surface area contributed by atoms with Crippen LogP contribution in [-0.2, 0) is 9.59 Å². The molecule has 1 aliphatic carbocycles. The molecule has 2 amide bonds. The van der Waals surface area contributed by atoms with E-state index in [1.54, 1.807) is 12.1 Å². The summed E-state index contributed by atoms with van der Waals surface area (Å²) in [6, 6.07) is 5.32. The minimum Gasteiger partial charge on any atom is -0.274 e. The van der Waals surface area contributed by atoms with Crippen LogP contribution < -0.4 is 4.90 Å². The number of hydrogen-bond acceptors (Lipinski definition) is 2. The van der Waals surface area contributed by atoms with Gasteiger partial charge in [0.15, 0.2) is 0 Å². The number of imide groups is 1. The zero-order valence-electron chi connectivity index (χ0n) is 11.5. The molecule has 0 unspecified atom stereocenters. The summed E-state index contributed by atoms with van der Waals surface area (Å²) in [5.41, 5.74) is 1.51. The van der Waals surface area contributed by atoms with Crippen molar-refractivity contribution in [1.29, 1.82) is 0 Å². The number of amides is 2. The fourth-order valence-corrected chi connectivity index (χ4v) is 3.30. The Hall–Kier alpha value is -1.61. The van der Waals surface area contributed by atoms with Gasteiger partial charge in [-0.25, -0.2) is 4.90 Å². The van der Waals surface area contributed by atoms with E-state index in [0.717, 1.165) is 5.56 Å². The van der Waals surface area contributed by atoms with E-state index in [0.29, 0.717) is 17.1 Å². The van der Waals surface area contributed by atoms with Crippen molar-refractivity contribution < 1.29 is 9.59 Å². The molecule has 3 atom stereocenters. The number of hydrogen-bond donors (Lipinski definition) is 0. The van der Waals surface area contributed by atoms with Gasteiger partial charge in [0.2, 0.25) is 11.8 Å². The van der Waals surface area contributed by atoms with Crippen LogP contribution in [0.1, 0.15) is 18.9 Å². The monoisotopic (exact) mass is 289 g/mol. The number of rotatable bonds is 1. The average molecular weight is 290 g/mol. The molecule has 104 valence electrons. The molecule has 4 heteroatoms. The molecule has 0 spiro atoms. The first kappa shape index (κ1) is 13.4. The first-order valence-corrected chi connectivity index (χ1v) is 7.19. The van der Waals surface area contributed by atoms with Crippen molar-refractivity contribution >= 4 is 29.1 Å². The van der Waals surface area contributed by atoms with Gasteiger partial charge in [0.1, 0.15) is 0 Å². The summed E-state index contributed by atoms with van der Waals surface area (Å²) in [7, 11) is 0. The highest BCUT2D eigenvalue weighted by molar-refractivity contribution is 6.32. The number of benzene rings is 1. The number of carbonyl (C=O) groups excluding carboxylic acids is 2. The lowest BCUT2D eigenvalue weighted by Crippen LogP contribution is -2.31. The first-order chi connectivity index (χ1) is 9.50. The second-order valence-electron chi connectivity index (χ2n) is 5.60. The highest BCUT2D eigenvalue weighted by Crippen LogP contribution is 2.40. The van der Waals surface area contributed by atoms with Crippen LogP contribution in [0.5, 0.6) is 0 Å². The van der Waals surface area contributed by atoms with Crippen LogP contribution in [0.25, 0.3) is 0 Å². The molecule has 1 fully saturated rings. The quantitative estimate of drug-likeness (QED) is 0.587. The highest BCUT2D eigenvalue weighted by Gasteiger charge is 2.50. The Balaban J connectivity index is 2.01. The van der Waals surface area contributed by atoms with Gasteiger partial charge < -0.3 is 0 Å². The van der Waals surface area contributed by atoms with Crippen LogP contribution in [0.4, 0.5) is 5.69 Å². The molecule has 1 aliphatic heterocycles. The van der Waals surface area contributed by atoms with Gasteiger partial charge >= 0.3 is 0 Å². The van der Waals surface area contributed by atoms with Gasteiger partial charge in [0, 0.05) is 5.02 Å². The second-order valence-corrected chi connectivity index (χ2v) is 6.01. The summed E-state index contributed by atoms with van der Waals surface area (Å²) in [6.45, 7) is 3.88. The number of halogens is 1. The Morgan fingerprint density at radius 2 is 2.00 bits per heavy atom. The third-order valence-corrected chi connectivity index (χ3v) is 4.69. The molecule has 3 rings (SSSR count). The maximum atomic E-state index is 12.6. The predicted octanol–water partition coefficient (Wildman–Crippen LogP) is 3.35. The SMILES string of the molecule is Cc1ccc(N2C(=O)[C@H]3[C@H](CC=C[C@@H]3C)C2=O)cc1Cl. The zero-order chi connectivity index (χ0) is 14.4. The van der Waals surface area contributed by atoms with Crippen molar-refractivity contribution in [2.75, 3.05) is 4.90 Å². The Morgan fingerprint density at radius 3 is 2.65 bits per heavy atom. The number of allylic oxidation sites excluding steroid dienone is 2. The van der Waals surface area contributed by atoms with Crippen LogP contribution in [0.3, 0.4) is 0 Å². The van der Waals surface area contributed by atoms with E-state index in [1.165, 1.54) is 4.90 Å². The van der Waals surface area contributed by atoms with Crippen molar-refractivity contribution in [3.05, 3.63) is 40.9 Å². The average Bonchev–Trinajstić information content (AvgIpc) is 2.67. The third kappa shape index (κ3) is 1.88. The van der Waals surface area contributed by atoms with Gasteiger partial charge in [-0.15, -0.1) is 0 Å². The zero-order valence-corrected chi connectivity index (χ0v) is 12.2. The molecule has 3 nitrogen and oxygen atoms in total. The summed E-state index contributed by atoms with van der Waals surface area (Å²) >= 11 is 6.11. The Labute approximate surface area is 123 Å². The van der Waals surface area contributed by atoms with E-state index >= 15 is 0 Å². The van der Waals surface area contributed by atoms with E-state index in [9.17, 15) is 9.59 Å². The molecule has 0 aromatic heterocycles. The minimum absolute atomic E-state index is 0.100. The number of fused-ring (bicyclic) bond motifs is 1. The lowest BCUT2D eigenvalue weighted by atomic mass is 9.78. The minimum atomic E-state index is -0.229. The standard InChI is InChI=1S/C16H16ClNO2/c1-9-6-7-11(8-13(9)17)18-15(19)12-5-3-4-10(2)14(12)16(18)20/h3-4,6-8,10,12,14H,5H2,1-2H3/t10-,12-,14+/m0/s1. The van der Waals surface area contributed by atoms with Gasteiger partial charge in [0.25, 0.3) is 0 Å². The maximum Gasteiger partial charge on any atom is 0.238 e. The fraction of sp³-hybridized carbons (Fsp3) is 0.375. The number of nitrogens with zero attached hydrogens (tertiary/aromatic N) is 1. The van der Waals surface area contributed by atoms with Crippen LogP contribution >= 0.6 is 11.6 Å². The van der Waals surface area contributed by atoms with Gasteiger partial charge in [-0.05, 0) is 37.0 Å². The summed E-state index contributed by atoms with van der Waals surface area (Å²) < 4.78 is 0. The molecule has 0 bridgehead atoms. The van der Waals surface area contributed by atoms with Crippen molar-refractivity contribution in [3.63, 3.8) is 0 Å². The molecule has 1 heterocycles. The van der Waals surface area contributed by atoms with Crippen molar-refractivity contribution in [3.8, 4) is 0 Å². The van der Waals surface area contributed by atoms with Crippen molar-refractivity contribution in [2.24, 2.45) is 17.8 Å². The fourth-order valence-electron chi connectivity index (χ4n) is 3.12. The summed E-state index contributed by atoms with van der Waals surface area (Å²) in [6.07, 6.45) is 4.68. The summed E-state index contributed by atoms with van der Waals surface area (Å²) in [5.74, 6) is -0.542. The molecule has 1 aromatic rings. The molecule has 0 radical (unpaired) electrons. The highest BCUT2D eigenvalue weighted by atomic mass is 35.5. The molecular weight excluding hydrogens is 274 g/mol. The van der Waals surface area contributed by atoms with Gasteiger partial charge in [-0.2, -0.15) is 0 Å². The van der Waals surface area contributed by atoms with Crippen LogP contribution in [0.15, 0.2) is 30.4 Å². The second kappa shape index (κ2) is 4.74. The molecular formula is C16H16ClNO2. The van der Waals surface area contributed by atoms with E-state index in [-0.39, 0.29) is 29.6 Å². The van der Waals surface area contributed by atoms with E-state index < -0.39 is 0 Å². The molecule has 1 saturated heterocycles. The number of aryl methyl sites for hydroxylation is 1. The third-order valence-electron chi connectivity index (χ3n) is 4.29. The summed E-state index contributed by atoms with van der Waals surface area (Å²) in [5, 5.41) is 0.573. The van der Waals surface area contributed by atoms with Gasteiger partial charge in [-0.3, -0.25) is 9.59 Å². The number of carbonyl (C=O) groups is 2. The largest absolute Gasteiger partial charge is 0.274 e. The van der Waals surface area contributed by atoms with Crippen LogP contribution in [0.2, 0.25) is 5.02 Å². The van der Waals surface area contributed by atoms with Crippen LogP contribution in [-0.4, -0.2) is 11.8 Å².